The van der Waals surface area contributed by atoms with Crippen LogP contribution in [0.25, 0.3) is 0 Å². The van der Waals surface area contributed by atoms with Crippen LogP contribution in [0.5, 0.6) is 5.75 Å². The van der Waals surface area contributed by atoms with E-state index in [4.69, 9.17) is 4.74 Å². The lowest BCUT2D eigenvalue weighted by molar-refractivity contribution is 0.414. The molecule has 2 heteroatoms. The van der Waals surface area contributed by atoms with Crippen molar-refractivity contribution >= 4 is 0 Å². The third-order valence-electron chi connectivity index (χ3n) is 3.12. The molecular formula is C18H19NO. The third-order valence-corrected chi connectivity index (χ3v) is 3.12. The Kier molecular flexibility index (Phi) is 5.23. The molecular weight excluding hydrogens is 246 g/mol. The van der Waals surface area contributed by atoms with E-state index in [1.165, 1.54) is 5.56 Å². The van der Waals surface area contributed by atoms with Crippen molar-refractivity contribution in [2.45, 2.75) is 13.0 Å². The molecule has 0 aromatic heterocycles. The molecule has 0 saturated heterocycles. The van der Waals surface area contributed by atoms with Gasteiger partial charge in [-0.3, -0.25) is 5.32 Å². The topological polar surface area (TPSA) is 21.3 Å². The Hall–Kier alpha value is -2.24. The van der Waals surface area contributed by atoms with E-state index < -0.39 is 0 Å². The number of rotatable bonds is 4. The molecule has 0 aliphatic heterocycles. The van der Waals surface area contributed by atoms with Gasteiger partial charge in [-0.1, -0.05) is 42.2 Å². The van der Waals surface area contributed by atoms with E-state index >= 15 is 0 Å². The van der Waals surface area contributed by atoms with Gasteiger partial charge in [-0.2, -0.15) is 0 Å². The first-order chi connectivity index (χ1) is 9.79. The number of hydrogen-bond acceptors (Lipinski definition) is 2. The van der Waals surface area contributed by atoms with E-state index in [1.54, 1.807) is 7.11 Å². The zero-order valence-corrected chi connectivity index (χ0v) is 11.9. The molecule has 0 saturated carbocycles. The van der Waals surface area contributed by atoms with Gasteiger partial charge in [0.15, 0.2) is 0 Å². The highest BCUT2D eigenvalue weighted by atomic mass is 16.5. The van der Waals surface area contributed by atoms with Crippen LogP contribution in [0.15, 0.2) is 54.6 Å². The summed E-state index contributed by atoms with van der Waals surface area (Å²) in [7, 11) is 1.68. The molecule has 0 aliphatic rings. The van der Waals surface area contributed by atoms with Gasteiger partial charge in [-0.15, -0.1) is 0 Å². The lowest BCUT2D eigenvalue weighted by Gasteiger charge is -2.12. The summed E-state index contributed by atoms with van der Waals surface area (Å²) in [5.74, 6) is 7.16. The Morgan fingerprint density at radius 3 is 2.40 bits per heavy atom. The predicted octanol–water partition coefficient (Wildman–Crippen LogP) is 3.40. The highest BCUT2D eigenvalue weighted by molar-refractivity contribution is 5.34. The molecule has 1 atom stereocenters. The van der Waals surface area contributed by atoms with Gasteiger partial charge in [-0.25, -0.2) is 0 Å². The van der Waals surface area contributed by atoms with Crippen LogP contribution in [0, 0.1) is 11.8 Å². The Labute approximate surface area is 120 Å². The smallest absolute Gasteiger partial charge is 0.118 e. The van der Waals surface area contributed by atoms with Crippen molar-refractivity contribution in [1.82, 2.24) is 5.32 Å². The maximum atomic E-state index is 5.15. The number of benzene rings is 2. The molecule has 0 radical (unpaired) electrons. The standard InChI is InChI=1S/C18H19NO/c1-15(17-10-12-18(20-2)13-11-17)19-14-6-9-16-7-4-3-5-8-16/h3-5,7-8,10-13,15,19H,14H2,1-2H3/t15-/m0/s1. The van der Waals surface area contributed by atoms with Crippen molar-refractivity contribution in [3.63, 3.8) is 0 Å². The van der Waals surface area contributed by atoms with Gasteiger partial charge < -0.3 is 4.74 Å². The van der Waals surface area contributed by atoms with E-state index in [-0.39, 0.29) is 6.04 Å². The molecule has 2 aromatic carbocycles. The van der Waals surface area contributed by atoms with E-state index in [0.717, 1.165) is 11.3 Å². The van der Waals surface area contributed by atoms with Crippen LogP contribution in [0.1, 0.15) is 24.1 Å². The summed E-state index contributed by atoms with van der Waals surface area (Å²) in [4.78, 5) is 0. The van der Waals surface area contributed by atoms with E-state index in [1.807, 2.05) is 42.5 Å². The minimum absolute atomic E-state index is 0.269. The maximum Gasteiger partial charge on any atom is 0.118 e. The largest absolute Gasteiger partial charge is 0.497 e. The van der Waals surface area contributed by atoms with Crippen LogP contribution in [-0.2, 0) is 0 Å². The predicted molar refractivity (Wildman–Crippen MR) is 82.7 cm³/mol. The number of methoxy groups -OCH3 is 1. The Bertz CT molecular complexity index is 578. The molecule has 1 N–H and O–H groups in total. The molecule has 0 fully saturated rings. The second-order valence-electron chi connectivity index (χ2n) is 4.54. The first kappa shape index (κ1) is 14.2. The molecule has 102 valence electrons. The Balaban J connectivity index is 1.86. The van der Waals surface area contributed by atoms with Gasteiger partial charge in [0.25, 0.3) is 0 Å². The Morgan fingerprint density at radius 1 is 1.05 bits per heavy atom. The lowest BCUT2D eigenvalue weighted by atomic mass is 10.1. The number of ether oxygens (including phenoxy) is 1. The van der Waals surface area contributed by atoms with Crippen LogP contribution in [-0.4, -0.2) is 13.7 Å². The highest BCUT2D eigenvalue weighted by Crippen LogP contribution is 2.16. The SMILES string of the molecule is COc1ccc([C@H](C)NCC#Cc2ccccc2)cc1. The van der Waals surface area contributed by atoms with Crippen molar-refractivity contribution in [3.8, 4) is 17.6 Å². The zero-order valence-electron chi connectivity index (χ0n) is 11.9. The minimum Gasteiger partial charge on any atom is -0.497 e. The molecule has 2 aromatic rings. The van der Waals surface area contributed by atoms with Crippen LogP contribution >= 0.6 is 0 Å². The summed E-state index contributed by atoms with van der Waals surface area (Å²) in [6.07, 6.45) is 0. The summed E-state index contributed by atoms with van der Waals surface area (Å²) in [6, 6.07) is 18.4. The van der Waals surface area contributed by atoms with Gasteiger partial charge in [0, 0.05) is 11.6 Å². The Morgan fingerprint density at radius 2 is 1.75 bits per heavy atom. The fourth-order valence-corrected chi connectivity index (χ4v) is 1.88. The molecule has 0 unspecified atom stereocenters. The quantitative estimate of drug-likeness (QED) is 0.856. The molecule has 2 nitrogen and oxygen atoms in total. The third kappa shape index (κ3) is 4.15. The number of hydrogen-bond donors (Lipinski definition) is 1. The van der Waals surface area contributed by atoms with Crippen molar-refractivity contribution in [2.75, 3.05) is 13.7 Å². The van der Waals surface area contributed by atoms with Crippen LogP contribution < -0.4 is 10.1 Å². The summed E-state index contributed by atoms with van der Waals surface area (Å²) in [5.41, 5.74) is 2.28. The average Bonchev–Trinajstić information content (AvgIpc) is 2.52. The summed E-state index contributed by atoms with van der Waals surface area (Å²) in [5, 5.41) is 3.39. The number of nitrogens with one attached hydrogen (secondary N) is 1. The first-order valence-electron chi connectivity index (χ1n) is 6.71. The van der Waals surface area contributed by atoms with E-state index in [0.29, 0.717) is 6.54 Å². The van der Waals surface area contributed by atoms with Crippen LogP contribution in [0.2, 0.25) is 0 Å². The fourth-order valence-electron chi connectivity index (χ4n) is 1.88. The van der Waals surface area contributed by atoms with Gasteiger partial charge >= 0.3 is 0 Å². The summed E-state index contributed by atoms with van der Waals surface area (Å²) in [6.45, 7) is 2.80. The second kappa shape index (κ2) is 7.37. The van der Waals surface area contributed by atoms with Crippen molar-refractivity contribution in [1.29, 1.82) is 0 Å². The van der Waals surface area contributed by atoms with Crippen LogP contribution in [0.4, 0.5) is 0 Å². The maximum absolute atomic E-state index is 5.15. The first-order valence-corrected chi connectivity index (χ1v) is 6.71. The van der Waals surface area contributed by atoms with Gasteiger partial charge in [0.1, 0.15) is 5.75 Å². The molecule has 0 spiro atoms. The van der Waals surface area contributed by atoms with Crippen LogP contribution in [0.3, 0.4) is 0 Å². The molecule has 2 rings (SSSR count). The highest BCUT2D eigenvalue weighted by Gasteiger charge is 2.03. The van der Waals surface area contributed by atoms with Crippen molar-refractivity contribution in [2.24, 2.45) is 0 Å². The van der Waals surface area contributed by atoms with Crippen molar-refractivity contribution in [3.05, 3.63) is 65.7 Å². The van der Waals surface area contributed by atoms with Gasteiger partial charge in [-0.05, 0) is 36.8 Å². The lowest BCUT2D eigenvalue weighted by Crippen LogP contribution is -2.18. The van der Waals surface area contributed by atoms with E-state index in [2.05, 4.69) is 36.2 Å². The molecule has 0 aliphatic carbocycles. The second-order valence-corrected chi connectivity index (χ2v) is 4.54. The monoisotopic (exact) mass is 265 g/mol. The fraction of sp³-hybridized carbons (Fsp3) is 0.222. The van der Waals surface area contributed by atoms with Gasteiger partial charge in [0.2, 0.25) is 0 Å². The molecule has 0 bridgehead atoms. The normalized spacial score (nSPS) is 11.3. The minimum atomic E-state index is 0.269. The van der Waals surface area contributed by atoms with Gasteiger partial charge in [0.05, 0.1) is 13.7 Å². The molecule has 20 heavy (non-hydrogen) atoms. The molecule has 0 heterocycles. The van der Waals surface area contributed by atoms with E-state index in [9.17, 15) is 0 Å². The van der Waals surface area contributed by atoms with Crippen molar-refractivity contribution < 1.29 is 4.74 Å². The zero-order chi connectivity index (χ0) is 14.2. The average molecular weight is 265 g/mol. The summed E-state index contributed by atoms with van der Waals surface area (Å²) < 4.78 is 5.15. The molecule has 0 amide bonds. The summed E-state index contributed by atoms with van der Waals surface area (Å²) >= 11 is 0.